The van der Waals surface area contributed by atoms with Gasteiger partial charge >= 0.3 is 0 Å². The van der Waals surface area contributed by atoms with E-state index in [0.29, 0.717) is 11.7 Å². The average molecular weight is 208 g/mol. The van der Waals surface area contributed by atoms with E-state index in [1.807, 2.05) is 5.38 Å². The zero-order valence-corrected chi connectivity index (χ0v) is 9.40. The molecule has 1 saturated carbocycles. The Morgan fingerprint density at radius 3 is 2.93 bits per heavy atom. The highest BCUT2D eigenvalue weighted by Crippen LogP contribution is 2.31. The van der Waals surface area contributed by atoms with E-state index in [1.165, 1.54) is 24.8 Å². The Labute approximate surface area is 89.1 Å². The van der Waals surface area contributed by atoms with Gasteiger partial charge in [-0.25, -0.2) is 0 Å². The molecule has 1 aliphatic rings. The van der Waals surface area contributed by atoms with Crippen molar-refractivity contribution in [2.75, 3.05) is 0 Å². The number of carbonyl (C=O) groups excluding carboxylic acids is 1. The van der Waals surface area contributed by atoms with Gasteiger partial charge < -0.3 is 0 Å². The molecule has 2 heteroatoms. The number of hydrogen-bond donors (Lipinski definition) is 0. The summed E-state index contributed by atoms with van der Waals surface area (Å²) in [6, 6.07) is 2.08. The molecule has 1 nitrogen and oxygen atoms in total. The number of rotatable bonds is 4. The van der Waals surface area contributed by atoms with Gasteiger partial charge in [-0.05, 0) is 29.3 Å². The maximum atomic E-state index is 11.9. The van der Waals surface area contributed by atoms with E-state index in [4.69, 9.17) is 0 Å². The molecule has 1 aliphatic carbocycles. The molecule has 1 aromatic heterocycles. The summed E-state index contributed by atoms with van der Waals surface area (Å²) >= 11 is 1.61. The van der Waals surface area contributed by atoms with Crippen LogP contribution in [0.2, 0.25) is 0 Å². The summed E-state index contributed by atoms with van der Waals surface area (Å²) in [6.45, 7) is 2.11. The first-order valence-corrected chi connectivity index (χ1v) is 6.28. The second-order valence-corrected chi connectivity index (χ2v) is 4.97. The fourth-order valence-electron chi connectivity index (χ4n) is 1.91. The van der Waals surface area contributed by atoms with Crippen LogP contribution in [0.1, 0.15) is 47.8 Å². The molecule has 0 bridgehead atoms. The fraction of sp³-hybridized carbons (Fsp3) is 0.583. The Morgan fingerprint density at radius 1 is 1.57 bits per heavy atom. The van der Waals surface area contributed by atoms with Crippen molar-refractivity contribution in [1.29, 1.82) is 0 Å². The van der Waals surface area contributed by atoms with Crippen molar-refractivity contribution in [3.05, 3.63) is 21.9 Å². The molecule has 0 radical (unpaired) electrons. The normalized spacial score (nSPS) is 16.6. The first-order chi connectivity index (χ1) is 6.81. The SMILES string of the molecule is CCc1ccsc1C(=O)CC1CCC1. The third-order valence-electron chi connectivity index (χ3n) is 3.08. The molecule has 2 rings (SSSR count). The van der Waals surface area contributed by atoms with Gasteiger partial charge in [0.2, 0.25) is 0 Å². The van der Waals surface area contributed by atoms with Gasteiger partial charge in [-0.1, -0.05) is 26.2 Å². The molecule has 76 valence electrons. The minimum absolute atomic E-state index is 0.376. The lowest BCUT2D eigenvalue weighted by atomic mass is 9.81. The molecule has 1 aromatic rings. The Kier molecular flexibility index (Phi) is 3.02. The number of aryl methyl sites for hydroxylation is 1. The van der Waals surface area contributed by atoms with E-state index in [1.54, 1.807) is 11.3 Å². The molecule has 0 unspecified atom stereocenters. The van der Waals surface area contributed by atoms with Gasteiger partial charge in [0.1, 0.15) is 0 Å². The van der Waals surface area contributed by atoms with Gasteiger partial charge in [0.15, 0.2) is 5.78 Å². The van der Waals surface area contributed by atoms with Crippen molar-refractivity contribution < 1.29 is 4.79 Å². The molecule has 0 atom stereocenters. The second-order valence-electron chi connectivity index (χ2n) is 4.05. The quantitative estimate of drug-likeness (QED) is 0.690. The second kappa shape index (κ2) is 4.26. The standard InChI is InChI=1S/C12H16OS/c1-2-10-6-7-14-12(10)11(13)8-9-4-3-5-9/h6-7,9H,2-5,8H2,1H3. The number of ketones is 1. The van der Waals surface area contributed by atoms with Gasteiger partial charge in [0.05, 0.1) is 4.88 Å². The number of carbonyl (C=O) groups is 1. The highest BCUT2D eigenvalue weighted by atomic mass is 32.1. The molecule has 1 fully saturated rings. The number of hydrogen-bond acceptors (Lipinski definition) is 2. The summed E-state index contributed by atoms with van der Waals surface area (Å²) in [5.74, 6) is 1.07. The lowest BCUT2D eigenvalue weighted by Gasteiger charge is -2.24. The van der Waals surface area contributed by atoms with Crippen LogP contribution in [0.4, 0.5) is 0 Å². The molecular weight excluding hydrogens is 192 g/mol. The van der Waals surface area contributed by atoms with Crippen LogP contribution in [0.15, 0.2) is 11.4 Å². The lowest BCUT2D eigenvalue weighted by molar-refractivity contribution is 0.0940. The molecule has 0 aliphatic heterocycles. The van der Waals surface area contributed by atoms with Crippen molar-refractivity contribution in [1.82, 2.24) is 0 Å². The Morgan fingerprint density at radius 2 is 2.36 bits per heavy atom. The predicted molar refractivity (Wildman–Crippen MR) is 60.0 cm³/mol. The van der Waals surface area contributed by atoms with Crippen LogP contribution < -0.4 is 0 Å². The fourth-order valence-corrected chi connectivity index (χ4v) is 2.86. The number of thiophene rings is 1. The predicted octanol–water partition coefficient (Wildman–Crippen LogP) is 3.68. The smallest absolute Gasteiger partial charge is 0.173 e. The van der Waals surface area contributed by atoms with Crippen molar-refractivity contribution in [2.24, 2.45) is 5.92 Å². The first-order valence-electron chi connectivity index (χ1n) is 5.40. The third kappa shape index (κ3) is 1.90. The van der Waals surface area contributed by atoms with Crippen LogP contribution >= 0.6 is 11.3 Å². The Balaban J connectivity index is 2.02. The minimum Gasteiger partial charge on any atom is -0.293 e. The van der Waals surface area contributed by atoms with E-state index < -0.39 is 0 Å². The lowest BCUT2D eigenvalue weighted by Crippen LogP contribution is -2.15. The van der Waals surface area contributed by atoms with Crippen LogP contribution in [-0.2, 0) is 6.42 Å². The minimum atomic E-state index is 0.376. The molecule has 0 saturated heterocycles. The van der Waals surface area contributed by atoms with Gasteiger partial charge in [0, 0.05) is 6.42 Å². The van der Waals surface area contributed by atoms with E-state index in [-0.39, 0.29) is 0 Å². The van der Waals surface area contributed by atoms with E-state index >= 15 is 0 Å². The maximum absolute atomic E-state index is 11.9. The largest absolute Gasteiger partial charge is 0.293 e. The highest BCUT2D eigenvalue weighted by molar-refractivity contribution is 7.12. The van der Waals surface area contributed by atoms with Crippen LogP contribution in [0.3, 0.4) is 0 Å². The van der Waals surface area contributed by atoms with E-state index in [2.05, 4.69) is 13.0 Å². The summed E-state index contributed by atoms with van der Waals surface area (Å²) in [7, 11) is 0. The summed E-state index contributed by atoms with van der Waals surface area (Å²) in [4.78, 5) is 12.9. The van der Waals surface area contributed by atoms with E-state index in [0.717, 1.165) is 17.7 Å². The van der Waals surface area contributed by atoms with Crippen molar-refractivity contribution >= 4 is 17.1 Å². The summed E-state index contributed by atoms with van der Waals surface area (Å²) < 4.78 is 0. The molecule has 14 heavy (non-hydrogen) atoms. The molecule has 0 aromatic carbocycles. The molecule has 0 N–H and O–H groups in total. The molecule has 0 spiro atoms. The van der Waals surface area contributed by atoms with Crippen molar-refractivity contribution in [3.8, 4) is 0 Å². The highest BCUT2D eigenvalue weighted by Gasteiger charge is 2.22. The van der Waals surface area contributed by atoms with Crippen molar-refractivity contribution in [3.63, 3.8) is 0 Å². The summed E-state index contributed by atoms with van der Waals surface area (Å²) in [6.07, 6.45) is 5.61. The maximum Gasteiger partial charge on any atom is 0.173 e. The van der Waals surface area contributed by atoms with Crippen LogP contribution in [0.25, 0.3) is 0 Å². The number of Topliss-reactive ketones (excluding diaryl/α,β-unsaturated/α-hetero) is 1. The van der Waals surface area contributed by atoms with Crippen molar-refractivity contribution in [2.45, 2.75) is 39.0 Å². The Hall–Kier alpha value is -0.630. The molecule has 1 heterocycles. The summed E-state index contributed by atoms with van der Waals surface area (Å²) in [5.41, 5.74) is 1.24. The molecule has 0 amide bonds. The van der Waals surface area contributed by atoms with Crippen LogP contribution in [0, 0.1) is 5.92 Å². The third-order valence-corrected chi connectivity index (χ3v) is 4.08. The zero-order valence-electron chi connectivity index (χ0n) is 8.58. The van der Waals surface area contributed by atoms with Gasteiger partial charge in [-0.3, -0.25) is 4.79 Å². The monoisotopic (exact) mass is 208 g/mol. The first kappa shape index (κ1) is 9.91. The van der Waals surface area contributed by atoms with Crippen LogP contribution in [0.5, 0.6) is 0 Å². The summed E-state index contributed by atoms with van der Waals surface area (Å²) in [5, 5.41) is 2.03. The average Bonchev–Trinajstić information content (AvgIpc) is 2.58. The Bertz CT molecular complexity index is 323. The topological polar surface area (TPSA) is 17.1 Å². The molecular formula is C12H16OS. The van der Waals surface area contributed by atoms with Gasteiger partial charge in [0.25, 0.3) is 0 Å². The van der Waals surface area contributed by atoms with E-state index in [9.17, 15) is 4.79 Å². The zero-order chi connectivity index (χ0) is 9.97. The van der Waals surface area contributed by atoms with Gasteiger partial charge in [-0.2, -0.15) is 0 Å². The van der Waals surface area contributed by atoms with Gasteiger partial charge in [-0.15, -0.1) is 11.3 Å². The van der Waals surface area contributed by atoms with Crippen LogP contribution in [-0.4, -0.2) is 5.78 Å².